The van der Waals surface area contributed by atoms with Gasteiger partial charge in [-0.15, -0.1) is 4.68 Å². The fourth-order valence-corrected chi connectivity index (χ4v) is 3.49. The summed E-state index contributed by atoms with van der Waals surface area (Å²) in [5.74, 6) is 1.30. The van der Waals surface area contributed by atoms with E-state index in [9.17, 15) is 4.79 Å². The van der Waals surface area contributed by atoms with Crippen LogP contribution in [0.15, 0.2) is 24.3 Å². The zero-order chi connectivity index (χ0) is 23.6. The second-order valence-electron chi connectivity index (χ2n) is 9.10. The van der Waals surface area contributed by atoms with Gasteiger partial charge in [-0.1, -0.05) is 49.3 Å². The van der Waals surface area contributed by atoms with Crippen molar-refractivity contribution in [3.63, 3.8) is 0 Å². The monoisotopic (exact) mass is 440 g/mol. The summed E-state index contributed by atoms with van der Waals surface area (Å²) in [6.07, 6.45) is 1.86. The second-order valence-corrected chi connectivity index (χ2v) is 9.10. The summed E-state index contributed by atoms with van der Waals surface area (Å²) in [7, 11) is 1.60. The molecule has 3 aromatic rings. The number of carbonyl (C=O) groups excluding carboxylic acids is 1. The molecule has 2 heterocycles. The number of fused-ring (bicyclic) bond motifs is 1. The quantitative estimate of drug-likeness (QED) is 0.424. The highest BCUT2D eigenvalue weighted by molar-refractivity contribution is 5.95. The van der Waals surface area contributed by atoms with Crippen molar-refractivity contribution in [2.75, 3.05) is 12.8 Å². The lowest BCUT2D eigenvalue weighted by Gasteiger charge is -2.20. The third kappa shape index (κ3) is 4.84. The zero-order valence-electron chi connectivity index (χ0n) is 20.1. The van der Waals surface area contributed by atoms with Gasteiger partial charge in [-0.05, 0) is 48.9 Å². The van der Waals surface area contributed by atoms with Crippen LogP contribution in [0.2, 0.25) is 0 Å². The van der Waals surface area contributed by atoms with E-state index >= 15 is 0 Å². The summed E-state index contributed by atoms with van der Waals surface area (Å²) in [5.41, 5.74) is 9.24. The molecule has 2 N–H and O–H groups in total. The Morgan fingerprint density at radius 3 is 2.47 bits per heavy atom. The highest BCUT2D eigenvalue weighted by Gasteiger charge is 2.24. The first-order chi connectivity index (χ1) is 15.1. The molecular formula is C24H34N5O3+. The Balaban J connectivity index is 1.95. The molecule has 0 aliphatic heterocycles. The molecule has 8 heteroatoms. The number of methoxy groups -OCH3 is 1. The number of Topliss-reactive ketones (excluding diaryl/α,β-unsaturated/α-hetero) is 1. The van der Waals surface area contributed by atoms with Gasteiger partial charge in [0.05, 0.1) is 7.11 Å². The van der Waals surface area contributed by atoms with Gasteiger partial charge >= 0.3 is 5.95 Å². The van der Waals surface area contributed by atoms with E-state index in [1.165, 1.54) is 9.20 Å². The van der Waals surface area contributed by atoms with Crippen molar-refractivity contribution in [1.29, 1.82) is 0 Å². The topological polar surface area (TPSA) is 95.6 Å². The van der Waals surface area contributed by atoms with Gasteiger partial charge in [-0.25, -0.2) is 0 Å². The molecule has 0 amide bonds. The van der Waals surface area contributed by atoms with Gasteiger partial charge in [0.2, 0.25) is 5.88 Å². The van der Waals surface area contributed by atoms with Crippen LogP contribution in [0.3, 0.4) is 0 Å². The van der Waals surface area contributed by atoms with Crippen LogP contribution in [-0.2, 0) is 12.0 Å². The fourth-order valence-electron chi connectivity index (χ4n) is 3.49. The molecule has 8 nitrogen and oxygen atoms in total. The maximum absolute atomic E-state index is 13.1. The third-order valence-electron chi connectivity index (χ3n) is 5.61. The van der Waals surface area contributed by atoms with Gasteiger partial charge < -0.3 is 9.47 Å². The molecular weight excluding hydrogens is 406 g/mol. The lowest BCUT2D eigenvalue weighted by atomic mass is 9.85. The summed E-state index contributed by atoms with van der Waals surface area (Å²) in [6.45, 7) is 12.4. The first-order valence-corrected chi connectivity index (χ1v) is 11.0. The minimum absolute atomic E-state index is 0.00583. The lowest BCUT2D eigenvalue weighted by Crippen LogP contribution is -2.42. The van der Waals surface area contributed by atoms with Crippen LogP contribution in [0.4, 0.5) is 5.95 Å². The number of carbonyl (C=O) groups is 1. The average molecular weight is 441 g/mol. The van der Waals surface area contributed by atoms with Gasteiger partial charge in [0, 0.05) is 17.2 Å². The molecule has 172 valence electrons. The summed E-state index contributed by atoms with van der Waals surface area (Å²) in [4.78, 5) is 13.1. The summed E-state index contributed by atoms with van der Waals surface area (Å²) >= 11 is 0. The maximum Gasteiger partial charge on any atom is 0.401 e. The lowest BCUT2D eigenvalue weighted by molar-refractivity contribution is -0.723. The number of benzene rings is 1. The number of hydrogen-bond acceptors (Lipinski definition) is 6. The molecule has 0 radical (unpaired) electrons. The molecule has 2 aromatic heterocycles. The number of ether oxygens (including phenoxy) is 2. The molecule has 0 aliphatic rings. The predicted octanol–water partition coefficient (Wildman–Crippen LogP) is 3.66. The molecule has 32 heavy (non-hydrogen) atoms. The van der Waals surface area contributed by atoms with E-state index in [1.807, 2.05) is 25.1 Å². The number of ketones is 1. The largest absolute Gasteiger partial charge is 0.497 e. The summed E-state index contributed by atoms with van der Waals surface area (Å²) < 4.78 is 14.4. The summed E-state index contributed by atoms with van der Waals surface area (Å²) in [6, 6.07) is 7.46. The Morgan fingerprint density at radius 2 is 1.88 bits per heavy atom. The average Bonchev–Trinajstić information content (AvgIpc) is 3.07. The van der Waals surface area contributed by atoms with Crippen LogP contribution in [0.25, 0.3) is 5.65 Å². The van der Waals surface area contributed by atoms with E-state index in [0.29, 0.717) is 22.8 Å². The van der Waals surface area contributed by atoms with E-state index in [1.54, 1.807) is 13.2 Å². The van der Waals surface area contributed by atoms with Crippen LogP contribution in [0.1, 0.15) is 68.9 Å². The van der Waals surface area contributed by atoms with Crippen LogP contribution in [-0.4, -0.2) is 33.7 Å². The molecule has 0 saturated heterocycles. The van der Waals surface area contributed by atoms with Crippen molar-refractivity contribution in [2.24, 2.45) is 0 Å². The minimum Gasteiger partial charge on any atom is -0.497 e. The highest BCUT2D eigenvalue weighted by Crippen LogP contribution is 2.28. The van der Waals surface area contributed by atoms with E-state index in [-0.39, 0.29) is 29.8 Å². The van der Waals surface area contributed by atoms with E-state index in [0.717, 1.165) is 24.0 Å². The third-order valence-corrected chi connectivity index (χ3v) is 5.61. The normalized spacial score (nSPS) is 11.9. The highest BCUT2D eigenvalue weighted by atomic mass is 16.5. The van der Waals surface area contributed by atoms with Crippen molar-refractivity contribution < 1.29 is 19.0 Å². The standard InChI is InChI=1S/C24H33N5O3/c1-8-18(9-2)32-21-10-15(3)22-27-28(23(25)29(22)26-21)14-20(30)16-11-17(24(4,5)6)13-19(12-16)31-7/h10-13,18,25H,8-9,14H2,1-7H3/p+1. The molecule has 1 aromatic carbocycles. The Kier molecular flexibility index (Phi) is 6.71. The van der Waals surface area contributed by atoms with Gasteiger partial charge in [0.15, 0.2) is 12.3 Å². The molecule has 0 bridgehead atoms. The van der Waals surface area contributed by atoms with Crippen molar-refractivity contribution in [1.82, 2.24) is 14.7 Å². The molecule has 0 fully saturated rings. The van der Waals surface area contributed by atoms with Gasteiger partial charge in [-0.2, -0.15) is 0 Å². The summed E-state index contributed by atoms with van der Waals surface area (Å²) in [5, 5.41) is 9.04. The number of anilines is 1. The van der Waals surface area contributed by atoms with Gasteiger partial charge in [-0.3, -0.25) is 10.5 Å². The molecule has 0 saturated carbocycles. The Labute approximate surface area is 189 Å². The van der Waals surface area contributed by atoms with Crippen LogP contribution < -0.4 is 19.9 Å². The zero-order valence-corrected chi connectivity index (χ0v) is 20.1. The van der Waals surface area contributed by atoms with Crippen LogP contribution in [0.5, 0.6) is 11.6 Å². The first kappa shape index (κ1) is 23.5. The SMILES string of the molecule is CCC(CC)Oc1cc(C)c2n[n+](CC(=O)c3cc(OC)cc(C(C)(C)C)c3)c(N)n2n1. The number of nitrogens with zero attached hydrogens (tertiary/aromatic N) is 4. The van der Waals surface area contributed by atoms with Crippen molar-refractivity contribution in [3.05, 3.63) is 41.0 Å². The smallest absolute Gasteiger partial charge is 0.401 e. The number of hydrogen-bond donors (Lipinski definition) is 1. The Morgan fingerprint density at radius 1 is 1.19 bits per heavy atom. The minimum atomic E-state index is -0.120. The number of nitrogens with two attached hydrogens (primary N) is 1. The second kappa shape index (κ2) is 9.14. The first-order valence-electron chi connectivity index (χ1n) is 11.0. The number of nitrogen functional groups attached to an aromatic ring is 1. The molecule has 3 rings (SSSR count). The van der Waals surface area contributed by atoms with Gasteiger partial charge in [0.25, 0.3) is 5.65 Å². The van der Waals surface area contributed by atoms with E-state index in [2.05, 4.69) is 44.8 Å². The Bertz CT molecular complexity index is 1130. The van der Waals surface area contributed by atoms with Crippen molar-refractivity contribution in [3.8, 4) is 11.6 Å². The van der Waals surface area contributed by atoms with Gasteiger partial charge in [0.1, 0.15) is 11.9 Å². The molecule has 0 unspecified atom stereocenters. The van der Waals surface area contributed by atoms with Crippen molar-refractivity contribution in [2.45, 2.75) is 72.4 Å². The predicted molar refractivity (Wildman–Crippen MR) is 123 cm³/mol. The number of rotatable bonds is 8. The molecule has 0 atom stereocenters. The molecule has 0 spiro atoms. The number of aryl methyl sites for hydroxylation is 1. The van der Waals surface area contributed by atoms with E-state index < -0.39 is 0 Å². The van der Waals surface area contributed by atoms with Crippen LogP contribution in [0, 0.1) is 6.92 Å². The van der Waals surface area contributed by atoms with Crippen LogP contribution >= 0.6 is 0 Å². The molecule has 0 aliphatic carbocycles. The number of aromatic nitrogens is 4. The van der Waals surface area contributed by atoms with E-state index in [4.69, 9.17) is 15.2 Å². The maximum atomic E-state index is 13.1. The van der Waals surface area contributed by atoms with Crippen molar-refractivity contribution >= 4 is 17.4 Å². The fraction of sp³-hybridized carbons (Fsp3) is 0.500. The Hall–Kier alpha value is -3.16.